The van der Waals surface area contributed by atoms with E-state index in [1.807, 2.05) is 35.2 Å². The molecule has 170 valence electrons. The molecule has 2 heterocycles. The number of nitro benzene ring substituents is 1. The second-order valence-corrected chi connectivity index (χ2v) is 7.89. The zero-order valence-corrected chi connectivity index (χ0v) is 18.1. The summed E-state index contributed by atoms with van der Waals surface area (Å²) in [5.41, 5.74) is 1.51. The number of hydrogen-bond donors (Lipinski definition) is 1. The molecule has 9 heteroatoms. The largest absolute Gasteiger partial charge is 0.459 e. The number of nitrogens with zero attached hydrogens (tertiary/aromatic N) is 3. The van der Waals surface area contributed by atoms with E-state index in [0.717, 1.165) is 11.1 Å². The van der Waals surface area contributed by atoms with Crippen molar-refractivity contribution in [3.8, 4) is 0 Å². The van der Waals surface area contributed by atoms with E-state index in [-0.39, 0.29) is 28.9 Å². The van der Waals surface area contributed by atoms with E-state index >= 15 is 0 Å². The van der Waals surface area contributed by atoms with E-state index in [0.29, 0.717) is 26.2 Å². The first-order chi connectivity index (χ1) is 15.9. The summed E-state index contributed by atoms with van der Waals surface area (Å²) in [5, 5.41) is 14.2. The molecule has 1 unspecified atom stereocenters. The van der Waals surface area contributed by atoms with Crippen LogP contribution in [-0.2, 0) is 4.79 Å². The number of nitro groups is 1. The number of hydrogen-bond acceptors (Lipinski definition) is 6. The van der Waals surface area contributed by atoms with Gasteiger partial charge in [-0.2, -0.15) is 0 Å². The number of nitrogens with one attached hydrogen (secondary N) is 1. The average molecular weight is 448 g/mol. The third kappa shape index (κ3) is 4.93. The smallest absolute Gasteiger partial charge is 0.293 e. The number of furan rings is 1. The Kier molecular flexibility index (Phi) is 6.50. The lowest BCUT2D eigenvalue weighted by Gasteiger charge is -2.38. The Morgan fingerprint density at radius 3 is 2.39 bits per heavy atom. The van der Waals surface area contributed by atoms with E-state index < -0.39 is 11.0 Å². The zero-order chi connectivity index (χ0) is 23.4. The van der Waals surface area contributed by atoms with Crippen LogP contribution in [0.2, 0.25) is 0 Å². The molecule has 1 atom stereocenters. The normalized spacial score (nSPS) is 15.1. The second-order valence-electron chi connectivity index (χ2n) is 7.89. The quantitative estimate of drug-likeness (QED) is 0.456. The van der Waals surface area contributed by atoms with Crippen LogP contribution >= 0.6 is 0 Å². The van der Waals surface area contributed by atoms with Gasteiger partial charge in [-0.3, -0.25) is 24.6 Å². The number of rotatable bonds is 6. The van der Waals surface area contributed by atoms with Crippen LogP contribution in [0.5, 0.6) is 0 Å². The standard InChI is InChI=1S/C24H24N4O5/c1-17-9-10-19(20(16-17)28(31)32)25-23(29)22(18-6-3-2-4-7-18)26-11-13-27(14-12-26)24(30)21-8-5-15-33-21/h2-10,15-16,22H,11-14H2,1H3,(H,25,29). The number of aryl methyl sites for hydroxylation is 1. The lowest BCUT2D eigenvalue weighted by atomic mass is 10.0. The van der Waals surface area contributed by atoms with Crippen LogP contribution in [0, 0.1) is 17.0 Å². The van der Waals surface area contributed by atoms with Crippen molar-refractivity contribution in [2.45, 2.75) is 13.0 Å². The Bertz CT molecular complexity index is 1140. The van der Waals surface area contributed by atoms with Crippen molar-refractivity contribution in [1.29, 1.82) is 0 Å². The minimum absolute atomic E-state index is 0.149. The molecule has 33 heavy (non-hydrogen) atoms. The maximum atomic E-state index is 13.4. The SMILES string of the molecule is Cc1ccc(NC(=O)C(c2ccccc2)N2CCN(C(=O)c3ccco3)CC2)c([N+](=O)[O-])c1. The molecule has 1 aliphatic heterocycles. The number of anilines is 1. The molecule has 2 amide bonds. The van der Waals surface area contributed by atoms with Gasteiger partial charge < -0.3 is 14.6 Å². The summed E-state index contributed by atoms with van der Waals surface area (Å²) in [6.07, 6.45) is 1.46. The molecule has 4 rings (SSSR count). The highest BCUT2D eigenvalue weighted by Gasteiger charge is 2.33. The van der Waals surface area contributed by atoms with Gasteiger partial charge in [0.1, 0.15) is 11.7 Å². The Hall–Kier alpha value is -3.98. The van der Waals surface area contributed by atoms with Gasteiger partial charge in [-0.15, -0.1) is 0 Å². The first-order valence-corrected chi connectivity index (χ1v) is 10.6. The van der Waals surface area contributed by atoms with Gasteiger partial charge in [0.05, 0.1) is 11.2 Å². The summed E-state index contributed by atoms with van der Waals surface area (Å²) >= 11 is 0. The van der Waals surface area contributed by atoms with Gasteiger partial charge in [-0.25, -0.2) is 0 Å². The lowest BCUT2D eigenvalue weighted by molar-refractivity contribution is -0.384. The summed E-state index contributed by atoms with van der Waals surface area (Å²) in [5.74, 6) is -0.262. The molecule has 1 aromatic heterocycles. The summed E-state index contributed by atoms with van der Waals surface area (Å²) in [6.45, 7) is 3.56. The third-order valence-electron chi connectivity index (χ3n) is 5.67. The van der Waals surface area contributed by atoms with Gasteiger partial charge in [0.25, 0.3) is 11.6 Å². The van der Waals surface area contributed by atoms with Crippen LogP contribution in [0.25, 0.3) is 0 Å². The van der Waals surface area contributed by atoms with Gasteiger partial charge in [0.15, 0.2) is 5.76 Å². The van der Waals surface area contributed by atoms with Crippen LogP contribution in [0.15, 0.2) is 71.3 Å². The van der Waals surface area contributed by atoms with Crippen LogP contribution in [0.1, 0.15) is 27.7 Å². The Morgan fingerprint density at radius 1 is 1.03 bits per heavy atom. The number of benzene rings is 2. The summed E-state index contributed by atoms with van der Waals surface area (Å²) in [4.78, 5) is 40.7. The van der Waals surface area contributed by atoms with E-state index in [9.17, 15) is 19.7 Å². The first-order valence-electron chi connectivity index (χ1n) is 10.6. The Labute approximate surface area is 190 Å². The van der Waals surface area contributed by atoms with Crippen LogP contribution in [0.4, 0.5) is 11.4 Å². The van der Waals surface area contributed by atoms with E-state index in [1.165, 1.54) is 12.3 Å². The molecule has 0 spiro atoms. The molecule has 1 N–H and O–H groups in total. The minimum Gasteiger partial charge on any atom is -0.459 e. The fourth-order valence-electron chi connectivity index (χ4n) is 4.00. The van der Waals surface area contributed by atoms with Crippen LogP contribution < -0.4 is 5.32 Å². The molecular formula is C24H24N4O5. The van der Waals surface area contributed by atoms with Crippen molar-refractivity contribution in [2.24, 2.45) is 0 Å². The minimum atomic E-state index is -0.659. The van der Waals surface area contributed by atoms with Crippen molar-refractivity contribution in [3.63, 3.8) is 0 Å². The molecule has 1 aliphatic rings. The molecule has 0 saturated carbocycles. The van der Waals surface area contributed by atoms with Crippen LogP contribution in [-0.4, -0.2) is 52.7 Å². The maximum absolute atomic E-state index is 13.4. The number of amides is 2. The third-order valence-corrected chi connectivity index (χ3v) is 5.67. The zero-order valence-electron chi connectivity index (χ0n) is 18.1. The van der Waals surface area contributed by atoms with Crippen LogP contribution in [0.3, 0.4) is 0 Å². The highest BCUT2D eigenvalue weighted by molar-refractivity contribution is 5.97. The Morgan fingerprint density at radius 2 is 1.76 bits per heavy atom. The molecule has 9 nitrogen and oxygen atoms in total. The van der Waals surface area contributed by atoms with Gasteiger partial charge in [-0.05, 0) is 36.2 Å². The molecule has 2 aromatic carbocycles. The van der Waals surface area contributed by atoms with Crippen molar-refractivity contribution < 1.29 is 18.9 Å². The second kappa shape index (κ2) is 9.66. The summed E-state index contributed by atoms with van der Waals surface area (Å²) < 4.78 is 5.21. The van der Waals surface area contributed by atoms with Crippen molar-refractivity contribution in [1.82, 2.24) is 9.80 Å². The van der Waals surface area contributed by atoms with Gasteiger partial charge in [0.2, 0.25) is 5.91 Å². The van der Waals surface area contributed by atoms with Gasteiger partial charge >= 0.3 is 0 Å². The van der Waals surface area contributed by atoms with E-state index in [1.54, 1.807) is 36.1 Å². The average Bonchev–Trinajstić information content (AvgIpc) is 3.36. The maximum Gasteiger partial charge on any atom is 0.293 e. The van der Waals surface area contributed by atoms with E-state index in [2.05, 4.69) is 5.32 Å². The predicted octanol–water partition coefficient (Wildman–Crippen LogP) is 3.63. The number of piperazine rings is 1. The molecule has 1 saturated heterocycles. The van der Waals surface area contributed by atoms with Crippen molar-refractivity contribution in [3.05, 3.63) is 93.9 Å². The van der Waals surface area contributed by atoms with E-state index in [4.69, 9.17) is 4.42 Å². The van der Waals surface area contributed by atoms with Crippen molar-refractivity contribution >= 4 is 23.2 Å². The number of carbonyl (C=O) groups excluding carboxylic acids is 2. The lowest BCUT2D eigenvalue weighted by Crippen LogP contribution is -2.51. The summed E-state index contributed by atoms with van der Waals surface area (Å²) in [7, 11) is 0. The Balaban J connectivity index is 1.54. The fourth-order valence-corrected chi connectivity index (χ4v) is 4.00. The molecular weight excluding hydrogens is 424 g/mol. The highest BCUT2D eigenvalue weighted by atomic mass is 16.6. The van der Waals surface area contributed by atoms with Gasteiger partial charge in [-0.1, -0.05) is 36.4 Å². The number of carbonyl (C=O) groups is 2. The molecule has 3 aromatic rings. The molecule has 0 aliphatic carbocycles. The monoisotopic (exact) mass is 448 g/mol. The first kappa shape index (κ1) is 22.2. The molecule has 0 radical (unpaired) electrons. The molecule has 1 fully saturated rings. The fraction of sp³-hybridized carbons (Fsp3) is 0.250. The summed E-state index contributed by atoms with van der Waals surface area (Å²) in [6, 6.07) is 16.6. The molecule has 0 bridgehead atoms. The highest BCUT2D eigenvalue weighted by Crippen LogP contribution is 2.29. The van der Waals surface area contributed by atoms with Crippen molar-refractivity contribution in [2.75, 3.05) is 31.5 Å². The van der Waals surface area contributed by atoms with Gasteiger partial charge in [0, 0.05) is 32.2 Å². The predicted molar refractivity (Wildman–Crippen MR) is 122 cm³/mol. The topological polar surface area (TPSA) is 109 Å².